The molecule has 11 heteroatoms. The van der Waals surface area contributed by atoms with Gasteiger partial charge in [-0.15, -0.1) is 0 Å². The van der Waals surface area contributed by atoms with Crippen LogP contribution in [0.4, 0.5) is 5.69 Å². The van der Waals surface area contributed by atoms with E-state index in [1.807, 2.05) is 29.2 Å². The van der Waals surface area contributed by atoms with Gasteiger partial charge in [-0.2, -0.15) is 8.42 Å². The maximum atomic E-state index is 13.1. The van der Waals surface area contributed by atoms with Crippen LogP contribution in [-0.4, -0.2) is 80.2 Å². The Kier molecular flexibility index (Phi) is 10.3. The average Bonchev–Trinajstić information content (AvgIpc) is 3.20. The van der Waals surface area contributed by atoms with Crippen molar-refractivity contribution in [1.82, 2.24) is 9.80 Å². The predicted molar refractivity (Wildman–Crippen MR) is 145 cm³/mol. The molecule has 0 saturated carbocycles. The number of rotatable bonds is 12. The van der Waals surface area contributed by atoms with Crippen molar-refractivity contribution in [1.29, 1.82) is 0 Å². The van der Waals surface area contributed by atoms with E-state index in [-0.39, 0.29) is 29.6 Å². The van der Waals surface area contributed by atoms with E-state index in [1.165, 1.54) is 6.08 Å². The molecule has 1 N–H and O–H groups in total. The summed E-state index contributed by atoms with van der Waals surface area (Å²) in [5.74, 6) is 0.0928. The topological polar surface area (TPSA) is 107 Å². The summed E-state index contributed by atoms with van der Waals surface area (Å²) in [6.07, 6.45) is 10.2. The van der Waals surface area contributed by atoms with Crippen molar-refractivity contribution >= 4 is 47.9 Å². The number of anilines is 1. The molecule has 1 saturated heterocycles. The molecule has 0 unspecified atom stereocenters. The normalized spacial score (nSPS) is 17.3. The molecule has 2 aliphatic heterocycles. The zero-order valence-electron chi connectivity index (χ0n) is 21.1. The Morgan fingerprint density at radius 1 is 0.892 bits per heavy atom. The van der Waals surface area contributed by atoms with Gasteiger partial charge in [-0.05, 0) is 0 Å². The minimum absolute atomic E-state index is 0.0986. The molecule has 1 aromatic rings. The van der Waals surface area contributed by atoms with Gasteiger partial charge in [0.15, 0.2) is 0 Å². The summed E-state index contributed by atoms with van der Waals surface area (Å²) in [5.41, 5.74) is 0.885. The van der Waals surface area contributed by atoms with Crippen molar-refractivity contribution in [2.75, 3.05) is 30.3 Å². The van der Waals surface area contributed by atoms with E-state index in [2.05, 4.69) is 29.4 Å². The van der Waals surface area contributed by atoms with Crippen LogP contribution in [0.25, 0.3) is 0 Å². The van der Waals surface area contributed by atoms with Crippen molar-refractivity contribution in [3.8, 4) is 5.75 Å². The van der Waals surface area contributed by atoms with Crippen LogP contribution in [0.1, 0.15) is 46.0 Å². The fourth-order valence-electron chi connectivity index (χ4n) is 3.97. The van der Waals surface area contributed by atoms with Crippen LogP contribution >= 0.6 is 0 Å². The molecule has 9 nitrogen and oxygen atoms in total. The Labute approximate surface area is 226 Å². The molecule has 0 radical (unpaired) electrons. The third-order valence-electron chi connectivity index (χ3n) is 5.92. The first-order chi connectivity index (χ1) is 17.7. The molecule has 0 aromatic heterocycles. The van der Waals surface area contributed by atoms with E-state index in [1.54, 1.807) is 28.0 Å². The summed E-state index contributed by atoms with van der Waals surface area (Å²) in [6.45, 7) is 5.48. The molecule has 0 spiro atoms. The third-order valence-corrected chi connectivity index (χ3v) is 7.65. The number of benzene rings is 1. The fraction of sp³-hybridized carbons (Fsp3) is 0.423. The molecule has 0 aliphatic carbocycles. The number of allylic oxidation sites excluding steroid dienone is 4. The monoisotopic (exact) mass is 595 g/mol. The van der Waals surface area contributed by atoms with Gasteiger partial charge in [0, 0.05) is 0 Å². The van der Waals surface area contributed by atoms with Gasteiger partial charge in [0.05, 0.1) is 5.75 Å². The summed E-state index contributed by atoms with van der Waals surface area (Å²) in [6, 6.07) is 7.36. The van der Waals surface area contributed by atoms with Gasteiger partial charge in [-0.25, -0.2) is 0 Å². The van der Waals surface area contributed by atoms with Crippen LogP contribution in [0.5, 0.6) is 5.75 Å². The predicted octanol–water partition coefficient (Wildman–Crippen LogP) is 3.01. The van der Waals surface area contributed by atoms with Crippen LogP contribution in [0.3, 0.4) is 0 Å². The number of fused-ring (bicyclic) bond motifs is 1. The molecule has 2 amide bonds. The Morgan fingerprint density at radius 2 is 1.46 bits per heavy atom. The van der Waals surface area contributed by atoms with E-state index in [4.69, 9.17) is 9.29 Å². The number of amides is 2. The average molecular weight is 595 g/mol. The zero-order valence-corrected chi connectivity index (χ0v) is 23.7. The van der Waals surface area contributed by atoms with Gasteiger partial charge in [-0.1, -0.05) is 12.1 Å². The van der Waals surface area contributed by atoms with Gasteiger partial charge in [0.1, 0.15) is 0 Å². The molecule has 1 aromatic carbocycles. The second-order valence-electron chi connectivity index (χ2n) is 8.73. The molecule has 2 aliphatic rings. The minimum atomic E-state index is -4.06. The standard InChI is InChI=1S/C26H33N3O6SSe/c1-3-5-16-28-24(30)20(25(31)29(26(28)37)17-6-4-2)12-7-10-15-23-27(18-11-19-36(32,33)34)21-13-8-9-14-22(21)35-23/h7-10,12-15H,3-6,11,16-19H2,1-2H3,(H,32,33,34)/b10-7+,23-15-. The van der Waals surface area contributed by atoms with Crippen LogP contribution in [0, 0.1) is 0 Å². The summed E-state index contributed by atoms with van der Waals surface area (Å²) >= 11 is 2.92. The number of carbonyl (C=O) groups is 2. The number of para-hydroxylation sites is 2. The van der Waals surface area contributed by atoms with E-state index < -0.39 is 10.1 Å². The number of carbonyl (C=O) groups excluding carboxylic acids is 2. The number of hydrogen-bond acceptors (Lipinski definition) is 6. The first kappa shape index (κ1) is 28.8. The number of ether oxygens (including phenoxy) is 1. The molecule has 1 fully saturated rings. The SMILES string of the molecule is CCCCN1C(=O)C(=C/C=C/C=C2\Oc3ccccc3N2CCCS(=O)(=O)O)C(=O)N(CCCC)C1=[Se]. The molecule has 2 heterocycles. The second kappa shape index (κ2) is 13.2. The van der Waals surface area contributed by atoms with E-state index in [0.717, 1.165) is 31.4 Å². The van der Waals surface area contributed by atoms with Gasteiger partial charge >= 0.3 is 186 Å². The van der Waals surface area contributed by atoms with Crippen LogP contribution in [0.2, 0.25) is 0 Å². The summed E-state index contributed by atoms with van der Waals surface area (Å²) in [4.78, 5) is 31.4. The van der Waals surface area contributed by atoms with E-state index >= 15 is 0 Å². The first-order valence-electron chi connectivity index (χ1n) is 12.4. The summed E-state index contributed by atoms with van der Waals surface area (Å²) in [7, 11) is -4.06. The summed E-state index contributed by atoms with van der Waals surface area (Å²) in [5, 5.41) is 0. The van der Waals surface area contributed by atoms with Crippen molar-refractivity contribution < 1.29 is 27.3 Å². The quantitative estimate of drug-likeness (QED) is 0.172. The zero-order chi connectivity index (χ0) is 27.0. The van der Waals surface area contributed by atoms with Crippen LogP contribution in [0.15, 0.2) is 60.0 Å². The number of unbranched alkanes of at least 4 members (excludes halogenated alkanes) is 2. The molecular formula is C26H33N3O6SSe. The van der Waals surface area contributed by atoms with Gasteiger partial charge in [0.2, 0.25) is 0 Å². The molecule has 0 bridgehead atoms. The maximum absolute atomic E-state index is 13.1. The molecule has 200 valence electrons. The van der Waals surface area contributed by atoms with Gasteiger partial charge in [-0.3, -0.25) is 4.55 Å². The Morgan fingerprint density at radius 3 is 2.05 bits per heavy atom. The fourth-order valence-corrected chi connectivity index (χ4v) is 5.20. The third kappa shape index (κ3) is 7.41. The Hall–Kier alpha value is -2.72. The van der Waals surface area contributed by atoms with Gasteiger partial charge in [0.25, 0.3) is 10.1 Å². The van der Waals surface area contributed by atoms with E-state index in [9.17, 15) is 18.0 Å². The molecule has 3 rings (SSSR count). The molecular weight excluding hydrogens is 561 g/mol. The Balaban J connectivity index is 1.81. The van der Waals surface area contributed by atoms with Gasteiger partial charge < -0.3 is 0 Å². The van der Waals surface area contributed by atoms with Crippen LogP contribution in [-0.2, 0) is 19.7 Å². The molecule has 37 heavy (non-hydrogen) atoms. The summed E-state index contributed by atoms with van der Waals surface area (Å²) < 4.78 is 37.8. The first-order valence-corrected chi connectivity index (χ1v) is 14.9. The van der Waals surface area contributed by atoms with Crippen molar-refractivity contribution in [2.45, 2.75) is 46.0 Å². The van der Waals surface area contributed by atoms with Crippen LogP contribution < -0.4 is 9.64 Å². The van der Waals surface area contributed by atoms with Crippen molar-refractivity contribution in [3.63, 3.8) is 0 Å². The Bertz CT molecular complexity index is 1190. The number of hydrogen-bond donors (Lipinski definition) is 1. The van der Waals surface area contributed by atoms with Crippen molar-refractivity contribution in [3.05, 3.63) is 60.0 Å². The molecule has 0 atom stereocenters. The second-order valence-corrected chi connectivity index (χ2v) is 11.1. The number of nitrogens with zero attached hydrogens (tertiary/aromatic N) is 3. The van der Waals surface area contributed by atoms with Crippen molar-refractivity contribution in [2.24, 2.45) is 0 Å². The van der Waals surface area contributed by atoms with E-state index in [0.29, 0.717) is 35.9 Å².